The van der Waals surface area contributed by atoms with Crippen LogP contribution in [0.4, 0.5) is 0 Å². The summed E-state index contributed by atoms with van der Waals surface area (Å²) in [4.78, 5) is 33.6. The number of β-lactam (4-membered cyclic amide) rings is 1. The van der Waals surface area contributed by atoms with Crippen molar-refractivity contribution in [1.82, 2.24) is 15.1 Å². The van der Waals surface area contributed by atoms with Crippen molar-refractivity contribution >= 4 is 11.8 Å². The number of likely N-dealkylation sites (N-methyl/N-ethyl adjacent to an activating group) is 1. The lowest BCUT2D eigenvalue weighted by atomic mass is 9.75. The number of hydrogen-bond donors (Lipinski definition) is 2. The molecule has 2 aliphatic heterocycles. The van der Waals surface area contributed by atoms with Crippen LogP contribution in [0.3, 0.4) is 0 Å². The molecule has 2 heterocycles. The predicted molar refractivity (Wildman–Crippen MR) is 220 cm³/mol. The highest BCUT2D eigenvalue weighted by Gasteiger charge is 2.61. The summed E-state index contributed by atoms with van der Waals surface area (Å²) >= 11 is 0. The number of aryl methyl sites for hydroxylation is 1. The monoisotopic (exact) mass is 785 g/mol. The number of carbonyl (C=O) groups excluding carboxylic acids is 2. The van der Waals surface area contributed by atoms with Crippen molar-refractivity contribution in [3.8, 4) is 28.7 Å². The molecule has 58 heavy (non-hydrogen) atoms. The van der Waals surface area contributed by atoms with Crippen LogP contribution in [0.2, 0.25) is 0 Å². The maximum absolute atomic E-state index is 15.4. The van der Waals surface area contributed by atoms with Crippen LogP contribution in [0, 0.1) is 13.8 Å². The van der Waals surface area contributed by atoms with Crippen molar-refractivity contribution in [2.75, 3.05) is 35.0 Å². The second-order valence-electron chi connectivity index (χ2n) is 14.7. The molecule has 2 amide bonds. The van der Waals surface area contributed by atoms with Crippen LogP contribution in [0.25, 0.3) is 0 Å². The summed E-state index contributed by atoms with van der Waals surface area (Å²) < 4.78 is 31.1. The predicted octanol–water partition coefficient (Wildman–Crippen LogP) is 7.00. The quantitative estimate of drug-likeness (QED) is 0.102. The number of methoxy groups -OCH3 is 3. The Bertz CT molecular complexity index is 2210. The first-order chi connectivity index (χ1) is 28.2. The zero-order chi connectivity index (χ0) is 40.9. The van der Waals surface area contributed by atoms with Crippen molar-refractivity contribution in [1.29, 1.82) is 0 Å². The summed E-state index contributed by atoms with van der Waals surface area (Å²) in [6.45, 7) is 4.63. The maximum Gasteiger partial charge on any atom is 0.248 e. The Morgan fingerprint density at radius 1 is 0.724 bits per heavy atom. The first-order valence-electron chi connectivity index (χ1n) is 19.5. The van der Waals surface area contributed by atoms with Gasteiger partial charge in [0.15, 0.2) is 23.0 Å². The number of ether oxygens (including phenoxy) is 5. The van der Waals surface area contributed by atoms with Gasteiger partial charge in [-0.2, -0.15) is 0 Å². The number of likely N-dealkylation sites (tertiary alicyclic amines) is 1. The SMILES string of the molecule is CN[C@@H](Cc1cc(C)c(OC)c(O)c1)C(=O)N1[C@@H]2C(=O)N(Cc3ccccc3)[C@@H]2c2c(OC)c(C)c(OC)c(OCc3ccccc3)c2[C@@H]1COCc1ccccc1. The average Bonchev–Trinajstić information content (AvgIpc) is 3.24. The number of amides is 2. The van der Waals surface area contributed by atoms with E-state index in [1.165, 1.54) is 7.11 Å². The van der Waals surface area contributed by atoms with Crippen molar-refractivity contribution in [2.45, 2.75) is 64.2 Å². The number of phenols is 1. The molecule has 1 saturated heterocycles. The Kier molecular flexibility index (Phi) is 12.2. The fraction of sp³-hybridized carbons (Fsp3) is 0.319. The molecule has 0 spiro atoms. The van der Waals surface area contributed by atoms with Gasteiger partial charge in [-0.3, -0.25) is 9.59 Å². The second-order valence-corrected chi connectivity index (χ2v) is 14.7. The van der Waals surface area contributed by atoms with Crippen LogP contribution in [0.1, 0.15) is 56.6 Å². The molecule has 2 N–H and O–H groups in total. The minimum atomic E-state index is -0.875. The average molecular weight is 786 g/mol. The van der Waals surface area contributed by atoms with Gasteiger partial charge in [-0.15, -0.1) is 0 Å². The summed E-state index contributed by atoms with van der Waals surface area (Å²) in [6, 6.07) is 29.9. The summed E-state index contributed by atoms with van der Waals surface area (Å²) in [5.74, 6) is 1.37. The van der Waals surface area contributed by atoms with E-state index in [1.807, 2.05) is 116 Å². The van der Waals surface area contributed by atoms with Gasteiger partial charge in [0.2, 0.25) is 11.8 Å². The maximum atomic E-state index is 15.4. The molecule has 0 bridgehead atoms. The lowest BCUT2D eigenvalue weighted by Gasteiger charge is -2.58. The number of nitrogens with one attached hydrogen (secondary N) is 1. The number of carbonyl (C=O) groups is 2. The number of hydrogen-bond acceptors (Lipinski definition) is 9. The van der Waals surface area contributed by atoms with E-state index in [4.69, 9.17) is 23.7 Å². The molecule has 302 valence electrons. The third-order valence-corrected chi connectivity index (χ3v) is 11.2. The normalized spacial score (nSPS) is 17.5. The van der Waals surface area contributed by atoms with E-state index in [9.17, 15) is 9.90 Å². The molecular weight excluding hydrogens is 735 g/mol. The Balaban J connectivity index is 1.40. The van der Waals surface area contributed by atoms with E-state index in [2.05, 4.69) is 5.32 Å². The summed E-state index contributed by atoms with van der Waals surface area (Å²) in [5.41, 5.74) is 6.47. The molecule has 0 aliphatic carbocycles. The van der Waals surface area contributed by atoms with E-state index in [1.54, 1.807) is 32.2 Å². The molecule has 11 nitrogen and oxygen atoms in total. The Morgan fingerprint density at radius 2 is 1.31 bits per heavy atom. The third kappa shape index (κ3) is 7.67. The van der Waals surface area contributed by atoms with Gasteiger partial charge in [0.1, 0.15) is 18.4 Å². The lowest BCUT2D eigenvalue weighted by molar-refractivity contribution is -0.176. The molecule has 4 atom stereocenters. The van der Waals surface area contributed by atoms with Gasteiger partial charge < -0.3 is 43.9 Å². The molecule has 0 unspecified atom stereocenters. The first kappa shape index (κ1) is 40.2. The minimum Gasteiger partial charge on any atom is -0.504 e. The minimum absolute atomic E-state index is 0.0144. The molecule has 0 aromatic heterocycles. The van der Waals surface area contributed by atoms with E-state index in [0.29, 0.717) is 35.1 Å². The molecule has 0 radical (unpaired) electrons. The van der Waals surface area contributed by atoms with Crippen LogP contribution in [-0.4, -0.2) is 73.8 Å². The largest absolute Gasteiger partial charge is 0.504 e. The Labute approximate surface area is 340 Å². The Morgan fingerprint density at radius 3 is 1.88 bits per heavy atom. The van der Waals surface area contributed by atoms with Gasteiger partial charge in [0, 0.05) is 23.2 Å². The molecule has 11 heteroatoms. The molecular formula is C47H51N3O8. The van der Waals surface area contributed by atoms with Crippen LogP contribution in [0.5, 0.6) is 28.7 Å². The summed E-state index contributed by atoms with van der Waals surface area (Å²) in [7, 11) is 6.44. The van der Waals surface area contributed by atoms with Crippen LogP contribution < -0.4 is 24.3 Å². The summed E-state index contributed by atoms with van der Waals surface area (Å²) in [5, 5.41) is 14.0. The highest BCUT2D eigenvalue weighted by molar-refractivity contribution is 5.97. The van der Waals surface area contributed by atoms with Crippen LogP contribution in [0.15, 0.2) is 103 Å². The van der Waals surface area contributed by atoms with Crippen LogP contribution in [-0.2, 0) is 40.5 Å². The fourth-order valence-electron chi connectivity index (χ4n) is 8.51. The Hall–Kier alpha value is -6.04. The lowest BCUT2D eigenvalue weighted by Crippen LogP contribution is -2.70. The van der Waals surface area contributed by atoms with Crippen molar-refractivity contribution < 1.29 is 38.4 Å². The van der Waals surface area contributed by atoms with Crippen molar-refractivity contribution in [3.63, 3.8) is 0 Å². The third-order valence-electron chi connectivity index (χ3n) is 11.2. The molecule has 1 fully saturated rings. The number of aromatic hydroxyl groups is 1. The smallest absolute Gasteiger partial charge is 0.248 e. The van der Waals surface area contributed by atoms with E-state index >= 15 is 4.79 Å². The van der Waals surface area contributed by atoms with Gasteiger partial charge in [-0.05, 0) is 61.2 Å². The van der Waals surface area contributed by atoms with E-state index in [0.717, 1.165) is 38.9 Å². The number of benzene rings is 5. The second kappa shape index (κ2) is 17.6. The number of phenolic OH excluding ortho intramolecular Hbond substituents is 1. The van der Waals surface area contributed by atoms with E-state index in [-0.39, 0.29) is 43.8 Å². The zero-order valence-electron chi connectivity index (χ0n) is 33.9. The highest BCUT2D eigenvalue weighted by Crippen LogP contribution is 2.58. The van der Waals surface area contributed by atoms with E-state index < -0.39 is 24.2 Å². The van der Waals surface area contributed by atoms with Crippen molar-refractivity contribution in [3.05, 3.63) is 148 Å². The van der Waals surface area contributed by atoms with Gasteiger partial charge in [0.05, 0.1) is 52.7 Å². The zero-order valence-corrected chi connectivity index (χ0v) is 33.9. The standard InChI is InChI=1S/C47H51N3O8/c1-29-22-34(24-37(51)42(29)54-4)23-35(48-3)46(52)50-36(28-57-26-32-18-12-8-13-19-32)38-39(40-41(50)47(53)49(40)25-31-16-10-7-11-17-31)43(55-5)30(2)44(56-6)45(38)58-27-33-20-14-9-15-21-33/h7-22,24,35-36,40-41,48,51H,23,25-28H2,1-6H3/t35-,36-,40+,41-/m0/s1. The molecule has 0 saturated carbocycles. The van der Waals surface area contributed by atoms with Gasteiger partial charge >= 0.3 is 0 Å². The number of rotatable bonds is 16. The number of fused-ring (bicyclic) bond motifs is 3. The van der Waals surface area contributed by atoms with Gasteiger partial charge in [-0.25, -0.2) is 0 Å². The fourth-order valence-corrected chi connectivity index (χ4v) is 8.51. The summed E-state index contributed by atoms with van der Waals surface area (Å²) in [6.07, 6.45) is 0.228. The molecule has 2 aliphatic rings. The molecule has 5 aromatic rings. The molecule has 5 aromatic carbocycles. The van der Waals surface area contributed by atoms with Crippen molar-refractivity contribution in [2.24, 2.45) is 0 Å². The highest BCUT2D eigenvalue weighted by atomic mass is 16.5. The first-order valence-corrected chi connectivity index (χ1v) is 19.5. The van der Waals surface area contributed by atoms with Crippen LogP contribution >= 0.6 is 0 Å². The van der Waals surface area contributed by atoms with Gasteiger partial charge in [-0.1, -0.05) is 97.1 Å². The number of nitrogens with zero attached hydrogens (tertiary/aromatic N) is 2. The molecule has 7 rings (SSSR count). The van der Waals surface area contributed by atoms with Gasteiger partial charge in [0.25, 0.3) is 0 Å². The topological polar surface area (TPSA) is 119 Å².